The Balaban J connectivity index is 1.56. The summed E-state index contributed by atoms with van der Waals surface area (Å²) in [4.78, 5) is 26.9. The Bertz CT molecular complexity index is 1570. The van der Waals surface area contributed by atoms with Crippen LogP contribution in [0.15, 0.2) is 63.0 Å². The van der Waals surface area contributed by atoms with Crippen LogP contribution in [0.1, 0.15) is 57.9 Å². The van der Waals surface area contributed by atoms with Gasteiger partial charge in [0.25, 0.3) is 11.6 Å². The molecule has 0 bridgehead atoms. The average molecular weight is 600 g/mol. The fraction of sp³-hybridized carbons (Fsp3) is 0.333. The number of nitro benzene ring substituents is 1. The molecule has 0 aliphatic carbocycles. The zero-order valence-corrected chi connectivity index (χ0v) is 24.2. The summed E-state index contributed by atoms with van der Waals surface area (Å²) in [6, 6.07) is 9.09. The van der Waals surface area contributed by atoms with E-state index in [1.54, 1.807) is 6.92 Å². The summed E-state index contributed by atoms with van der Waals surface area (Å²) in [5.74, 6) is -0.874. The maximum atomic E-state index is 12.9. The highest BCUT2D eigenvalue weighted by Crippen LogP contribution is 2.35. The van der Waals surface area contributed by atoms with Crippen molar-refractivity contribution in [2.24, 2.45) is 10.1 Å². The van der Waals surface area contributed by atoms with Gasteiger partial charge in [-0.3, -0.25) is 20.3 Å². The third-order valence-electron chi connectivity index (χ3n) is 6.10. The van der Waals surface area contributed by atoms with Gasteiger partial charge in [-0.05, 0) is 61.4 Å². The Morgan fingerprint density at radius 1 is 1.10 bits per heavy atom. The van der Waals surface area contributed by atoms with Crippen LogP contribution in [0, 0.1) is 15.5 Å². The largest absolute Gasteiger partial charge is 0.490 e. The van der Waals surface area contributed by atoms with Gasteiger partial charge in [-0.1, -0.05) is 50.8 Å². The molecule has 0 unspecified atom stereocenters. The molecule has 41 heavy (non-hydrogen) atoms. The molecule has 2 aliphatic heterocycles. The third kappa shape index (κ3) is 7.00. The van der Waals surface area contributed by atoms with Crippen LogP contribution < -0.4 is 8.92 Å². The highest BCUT2D eigenvalue weighted by Gasteiger charge is 2.35. The lowest BCUT2D eigenvalue weighted by atomic mass is 10.1. The third-order valence-corrected chi connectivity index (χ3v) is 8.35. The molecule has 14 heteroatoms. The number of fused-ring (bicyclic) bond motifs is 1. The van der Waals surface area contributed by atoms with E-state index >= 15 is 0 Å². The summed E-state index contributed by atoms with van der Waals surface area (Å²) in [7, 11) is -4.58. The molecule has 0 atom stereocenters. The minimum atomic E-state index is -4.58. The van der Waals surface area contributed by atoms with Crippen LogP contribution >= 0.6 is 11.8 Å². The summed E-state index contributed by atoms with van der Waals surface area (Å²) in [5.41, 5.74) is -0.197. The van der Waals surface area contributed by atoms with Crippen LogP contribution in [0.4, 0.5) is 5.69 Å². The van der Waals surface area contributed by atoms with Crippen LogP contribution in [-0.2, 0) is 14.9 Å². The summed E-state index contributed by atoms with van der Waals surface area (Å²) >= 11 is 1.29. The van der Waals surface area contributed by atoms with Crippen LogP contribution in [0.3, 0.4) is 0 Å². The van der Waals surface area contributed by atoms with Crippen molar-refractivity contribution in [3.63, 3.8) is 0 Å². The first-order valence-electron chi connectivity index (χ1n) is 13.1. The molecule has 2 aromatic carbocycles. The molecule has 0 saturated heterocycles. The smallest absolute Gasteiger partial charge is 0.346 e. The minimum Gasteiger partial charge on any atom is -0.490 e. The number of benzene rings is 2. The number of ether oxygens (including phenoxy) is 1. The number of para-hydroxylation sites is 1. The number of carbonyl (C=O) groups is 1. The van der Waals surface area contributed by atoms with E-state index in [-0.39, 0.29) is 29.5 Å². The van der Waals surface area contributed by atoms with E-state index in [1.165, 1.54) is 59.6 Å². The fourth-order valence-electron chi connectivity index (χ4n) is 4.11. The SMILES string of the molecule is CCCCCCCC1=NN2C(=N)C(=Cc3ccc(OS(=O)(=O)c4ccccc4[N+](=O)[O-])c(OCC)c3)C(=O)N=C2S1. The summed E-state index contributed by atoms with van der Waals surface area (Å²) < 4.78 is 36.6. The topological polar surface area (TPSA) is 165 Å². The van der Waals surface area contributed by atoms with Gasteiger partial charge in [-0.15, -0.1) is 0 Å². The molecule has 12 nitrogen and oxygen atoms in total. The van der Waals surface area contributed by atoms with Gasteiger partial charge in [-0.2, -0.15) is 23.5 Å². The lowest BCUT2D eigenvalue weighted by Gasteiger charge is -2.20. The van der Waals surface area contributed by atoms with Crippen molar-refractivity contribution >= 4 is 55.6 Å². The lowest BCUT2D eigenvalue weighted by molar-refractivity contribution is -0.387. The Hall–Kier alpha value is -4.04. The van der Waals surface area contributed by atoms with E-state index in [4.69, 9.17) is 14.3 Å². The molecule has 1 amide bonds. The van der Waals surface area contributed by atoms with Crippen molar-refractivity contribution < 1.29 is 27.1 Å². The predicted molar refractivity (Wildman–Crippen MR) is 157 cm³/mol. The van der Waals surface area contributed by atoms with Crippen molar-refractivity contribution in [1.29, 1.82) is 5.41 Å². The highest BCUT2D eigenvalue weighted by atomic mass is 32.2. The van der Waals surface area contributed by atoms with Crippen LogP contribution in [0.5, 0.6) is 11.5 Å². The zero-order chi connectivity index (χ0) is 29.6. The molecule has 0 radical (unpaired) electrons. The van der Waals surface area contributed by atoms with Crippen LogP contribution in [-0.4, -0.2) is 46.9 Å². The highest BCUT2D eigenvalue weighted by molar-refractivity contribution is 8.26. The summed E-state index contributed by atoms with van der Waals surface area (Å²) in [6.45, 7) is 4.00. The number of amidine groups is 2. The molecule has 2 aromatic rings. The zero-order valence-electron chi connectivity index (χ0n) is 22.5. The van der Waals surface area contributed by atoms with E-state index in [1.807, 2.05) is 0 Å². The first-order chi connectivity index (χ1) is 19.6. The maximum absolute atomic E-state index is 12.9. The molecular weight excluding hydrogens is 570 g/mol. The maximum Gasteiger partial charge on any atom is 0.346 e. The van der Waals surface area contributed by atoms with Crippen LogP contribution in [0.25, 0.3) is 6.08 Å². The molecule has 2 aliphatic rings. The van der Waals surface area contributed by atoms with Crippen molar-refractivity contribution in [2.45, 2.75) is 57.3 Å². The van der Waals surface area contributed by atoms with Gasteiger partial charge >= 0.3 is 10.1 Å². The van der Waals surface area contributed by atoms with Crippen molar-refractivity contribution in [3.8, 4) is 11.5 Å². The van der Waals surface area contributed by atoms with Crippen molar-refractivity contribution in [3.05, 3.63) is 63.7 Å². The molecule has 1 N–H and O–H groups in total. The van der Waals surface area contributed by atoms with E-state index in [0.29, 0.717) is 10.7 Å². The molecule has 0 fully saturated rings. The quantitative estimate of drug-likeness (QED) is 0.0993. The molecule has 4 rings (SSSR count). The number of rotatable bonds is 13. The van der Waals surface area contributed by atoms with Gasteiger partial charge in [0.15, 0.2) is 22.2 Å². The number of hydrogen-bond acceptors (Lipinski definition) is 10. The number of hydrogen-bond donors (Lipinski definition) is 1. The molecule has 0 saturated carbocycles. The average Bonchev–Trinajstić information content (AvgIpc) is 3.35. The van der Waals surface area contributed by atoms with Gasteiger partial charge in [0.1, 0.15) is 5.04 Å². The number of nitrogens with one attached hydrogen (secondary N) is 1. The number of amides is 1. The number of unbranched alkanes of at least 4 members (excludes halogenated alkanes) is 4. The first kappa shape index (κ1) is 29.9. The molecule has 0 spiro atoms. The molecule has 216 valence electrons. The van der Waals surface area contributed by atoms with E-state index in [2.05, 4.69) is 17.0 Å². The first-order valence-corrected chi connectivity index (χ1v) is 15.3. The van der Waals surface area contributed by atoms with Gasteiger partial charge in [0.2, 0.25) is 5.17 Å². The van der Waals surface area contributed by atoms with Gasteiger partial charge in [0.05, 0.1) is 17.1 Å². The number of carbonyl (C=O) groups excluding carboxylic acids is 1. The van der Waals surface area contributed by atoms with Gasteiger partial charge < -0.3 is 8.92 Å². The Kier molecular flexibility index (Phi) is 9.55. The Labute approximate surface area is 241 Å². The number of aliphatic imine (C=N–C) groups is 1. The second-order valence-corrected chi connectivity index (χ2v) is 11.6. The minimum absolute atomic E-state index is 0.00550. The molecular formula is C27H29N5O7S2. The Morgan fingerprint density at radius 3 is 2.59 bits per heavy atom. The fourth-order valence-corrected chi connectivity index (χ4v) is 6.15. The van der Waals surface area contributed by atoms with Crippen molar-refractivity contribution in [2.75, 3.05) is 6.61 Å². The summed E-state index contributed by atoms with van der Waals surface area (Å²) in [5, 5.41) is 26.9. The number of nitrogens with zero attached hydrogens (tertiary/aromatic N) is 4. The second kappa shape index (κ2) is 13.1. The van der Waals surface area contributed by atoms with Crippen molar-refractivity contribution in [1.82, 2.24) is 5.01 Å². The lowest BCUT2D eigenvalue weighted by Crippen LogP contribution is -2.35. The van der Waals surface area contributed by atoms with Gasteiger partial charge in [-0.25, -0.2) is 0 Å². The van der Waals surface area contributed by atoms with Crippen LogP contribution in [0.2, 0.25) is 0 Å². The van der Waals surface area contributed by atoms with Gasteiger partial charge in [0, 0.05) is 6.07 Å². The Morgan fingerprint density at radius 2 is 1.85 bits per heavy atom. The molecule has 0 aromatic heterocycles. The normalized spacial score (nSPS) is 16.0. The number of hydrazone groups is 1. The van der Waals surface area contributed by atoms with E-state index in [0.717, 1.165) is 49.3 Å². The van der Waals surface area contributed by atoms with E-state index < -0.39 is 31.5 Å². The number of thioether (sulfide) groups is 1. The second-order valence-electron chi connectivity index (χ2n) is 9.08. The molecule has 2 heterocycles. The summed E-state index contributed by atoms with van der Waals surface area (Å²) in [6.07, 6.45) is 7.76. The van der Waals surface area contributed by atoms with E-state index in [9.17, 15) is 23.3 Å². The standard InChI is InChI=1S/C27H29N5O7S2/c1-3-5-6-7-8-13-24-30-31-25(28)19(26(33)29-27(31)40-24)16-18-14-15-21(22(17-18)38-4-2)39-41(36,37)23-12-10-9-11-20(23)32(34)35/h9-12,14-17,28H,3-8,13H2,1-2H3. The number of nitro groups is 1. The predicted octanol–water partition coefficient (Wildman–Crippen LogP) is 5.74. The monoisotopic (exact) mass is 599 g/mol.